The average molecular weight is 320 g/mol. The number of hydrogen-bond donors (Lipinski definition) is 0. The second-order valence-corrected chi connectivity index (χ2v) is 4.55. The summed E-state index contributed by atoms with van der Waals surface area (Å²) in [6, 6.07) is 4.96. The highest BCUT2D eigenvalue weighted by Gasteiger charge is 2.29. The van der Waals surface area contributed by atoms with Gasteiger partial charge in [0.1, 0.15) is 0 Å². The molecule has 0 aliphatic carbocycles. The molecule has 96 valence electrons. The predicted octanol–water partition coefficient (Wildman–Crippen LogP) is 3.42. The molecule has 0 atom stereocenters. The summed E-state index contributed by atoms with van der Waals surface area (Å²) >= 11 is 3.22. The van der Waals surface area contributed by atoms with Gasteiger partial charge < -0.3 is 0 Å². The zero-order valence-electron chi connectivity index (χ0n) is 9.37. The van der Waals surface area contributed by atoms with Crippen LogP contribution in [0.5, 0.6) is 0 Å². The third kappa shape index (κ3) is 2.90. The van der Waals surface area contributed by atoms with Gasteiger partial charge in [0.2, 0.25) is 0 Å². The average Bonchev–Trinajstić information content (AvgIpc) is 2.57. The zero-order valence-corrected chi connectivity index (χ0v) is 11.0. The van der Waals surface area contributed by atoms with E-state index in [1.165, 1.54) is 16.9 Å². The number of alkyl halides is 3. The van der Waals surface area contributed by atoms with E-state index in [-0.39, 0.29) is 0 Å². The van der Waals surface area contributed by atoms with Gasteiger partial charge in [-0.05, 0) is 40.5 Å². The summed E-state index contributed by atoms with van der Waals surface area (Å²) in [5, 5.41) is 8.19. The number of benzene rings is 1. The summed E-state index contributed by atoms with van der Waals surface area (Å²) in [7, 11) is 0. The van der Waals surface area contributed by atoms with E-state index in [2.05, 4.69) is 26.1 Å². The monoisotopic (exact) mass is 319 g/mol. The van der Waals surface area contributed by atoms with E-state index < -0.39 is 11.7 Å². The van der Waals surface area contributed by atoms with Gasteiger partial charge in [0.15, 0.2) is 4.60 Å². The molecule has 0 unspecified atom stereocenters. The third-order valence-corrected chi connectivity index (χ3v) is 3.10. The Morgan fingerprint density at radius 3 is 2.22 bits per heavy atom. The molecule has 0 amide bonds. The second kappa shape index (κ2) is 4.72. The molecule has 1 aromatic carbocycles. The molecular weight excluding hydrogens is 311 g/mol. The molecule has 2 rings (SSSR count). The minimum Gasteiger partial charge on any atom is -0.179 e. The van der Waals surface area contributed by atoms with Gasteiger partial charge >= 0.3 is 6.18 Å². The van der Waals surface area contributed by atoms with Crippen molar-refractivity contribution in [2.45, 2.75) is 19.6 Å². The molecule has 1 aromatic heterocycles. The normalized spacial score (nSPS) is 11.8. The van der Waals surface area contributed by atoms with Crippen molar-refractivity contribution < 1.29 is 13.2 Å². The zero-order chi connectivity index (χ0) is 13.3. The molecule has 0 aliphatic rings. The van der Waals surface area contributed by atoms with Crippen LogP contribution in [0.3, 0.4) is 0 Å². The van der Waals surface area contributed by atoms with Crippen LogP contribution in [-0.2, 0) is 12.7 Å². The summed E-state index contributed by atoms with van der Waals surface area (Å²) < 4.78 is 37.7. The fraction of sp³-hybridized carbons (Fsp3) is 0.273. The molecule has 1 heterocycles. The molecule has 3 nitrogen and oxygen atoms in total. The fourth-order valence-electron chi connectivity index (χ4n) is 1.44. The first-order valence-corrected chi connectivity index (χ1v) is 5.89. The molecule has 7 heteroatoms. The standard InChI is InChI=1S/C11H9BrF3N3/c1-7-10(12)17-18(16-7)6-8-2-4-9(5-3-8)11(13,14)15/h2-5H,6H2,1H3. The summed E-state index contributed by atoms with van der Waals surface area (Å²) in [5.41, 5.74) is 0.796. The Kier molecular flexibility index (Phi) is 3.43. The fourth-order valence-corrected chi connectivity index (χ4v) is 1.71. The van der Waals surface area contributed by atoms with Crippen LogP contribution in [0, 0.1) is 6.92 Å². The molecule has 18 heavy (non-hydrogen) atoms. The lowest BCUT2D eigenvalue weighted by atomic mass is 10.1. The minimum absolute atomic E-state index is 0.338. The summed E-state index contributed by atoms with van der Waals surface area (Å²) in [6.45, 7) is 2.13. The number of nitrogens with zero attached hydrogens (tertiary/aromatic N) is 3. The van der Waals surface area contributed by atoms with Gasteiger partial charge in [0.25, 0.3) is 0 Å². The summed E-state index contributed by atoms with van der Waals surface area (Å²) in [5.74, 6) is 0. The third-order valence-electron chi connectivity index (χ3n) is 2.37. The Labute approximate surface area is 110 Å². The molecule has 0 saturated carbocycles. The minimum atomic E-state index is -4.30. The number of rotatable bonds is 2. The SMILES string of the molecule is Cc1nn(Cc2ccc(C(F)(F)F)cc2)nc1Br. The lowest BCUT2D eigenvalue weighted by Crippen LogP contribution is -2.07. The van der Waals surface area contributed by atoms with Gasteiger partial charge in [-0.3, -0.25) is 0 Å². The Morgan fingerprint density at radius 2 is 1.78 bits per heavy atom. The van der Waals surface area contributed by atoms with Gasteiger partial charge in [-0.25, -0.2) is 0 Å². The molecule has 0 radical (unpaired) electrons. The smallest absolute Gasteiger partial charge is 0.179 e. The summed E-state index contributed by atoms with van der Waals surface area (Å²) in [4.78, 5) is 1.43. The van der Waals surface area contributed by atoms with Crippen LogP contribution in [0.25, 0.3) is 0 Å². The van der Waals surface area contributed by atoms with E-state index in [0.717, 1.165) is 17.8 Å². The van der Waals surface area contributed by atoms with Crippen LogP contribution >= 0.6 is 15.9 Å². The first-order chi connectivity index (χ1) is 8.36. The van der Waals surface area contributed by atoms with Gasteiger partial charge in [-0.2, -0.15) is 23.1 Å². The molecule has 2 aromatic rings. The highest BCUT2D eigenvalue weighted by Crippen LogP contribution is 2.29. The molecule has 0 bridgehead atoms. The van der Waals surface area contributed by atoms with E-state index in [1.807, 2.05) is 0 Å². The Hall–Kier alpha value is -1.37. The lowest BCUT2D eigenvalue weighted by Gasteiger charge is -2.07. The number of aromatic nitrogens is 3. The highest BCUT2D eigenvalue weighted by atomic mass is 79.9. The second-order valence-electron chi connectivity index (χ2n) is 3.80. The number of hydrogen-bond acceptors (Lipinski definition) is 2. The van der Waals surface area contributed by atoms with E-state index in [4.69, 9.17) is 0 Å². The van der Waals surface area contributed by atoms with E-state index in [9.17, 15) is 13.2 Å². The molecular formula is C11H9BrF3N3. The van der Waals surface area contributed by atoms with Crippen LogP contribution in [0.1, 0.15) is 16.8 Å². The van der Waals surface area contributed by atoms with E-state index in [1.54, 1.807) is 6.92 Å². The van der Waals surface area contributed by atoms with Crippen molar-refractivity contribution in [3.63, 3.8) is 0 Å². The molecule has 0 N–H and O–H groups in total. The van der Waals surface area contributed by atoms with Crippen LogP contribution in [-0.4, -0.2) is 15.0 Å². The van der Waals surface area contributed by atoms with Crippen molar-refractivity contribution in [3.8, 4) is 0 Å². The maximum atomic E-state index is 12.4. The van der Waals surface area contributed by atoms with E-state index in [0.29, 0.717) is 16.7 Å². The Balaban J connectivity index is 2.16. The van der Waals surface area contributed by atoms with Gasteiger partial charge in [-0.1, -0.05) is 12.1 Å². The van der Waals surface area contributed by atoms with Crippen molar-refractivity contribution >= 4 is 15.9 Å². The topological polar surface area (TPSA) is 30.7 Å². The van der Waals surface area contributed by atoms with Crippen molar-refractivity contribution in [1.29, 1.82) is 0 Å². The molecule has 0 spiro atoms. The maximum Gasteiger partial charge on any atom is 0.416 e. The highest BCUT2D eigenvalue weighted by molar-refractivity contribution is 9.10. The van der Waals surface area contributed by atoms with Crippen LogP contribution in [0.2, 0.25) is 0 Å². The van der Waals surface area contributed by atoms with Crippen molar-refractivity contribution in [1.82, 2.24) is 15.0 Å². The van der Waals surface area contributed by atoms with Crippen LogP contribution < -0.4 is 0 Å². The van der Waals surface area contributed by atoms with E-state index >= 15 is 0 Å². The van der Waals surface area contributed by atoms with Crippen molar-refractivity contribution in [2.24, 2.45) is 0 Å². The summed E-state index contributed by atoms with van der Waals surface area (Å²) in [6.07, 6.45) is -4.30. The quantitative estimate of drug-likeness (QED) is 0.849. The Morgan fingerprint density at radius 1 is 1.17 bits per heavy atom. The first kappa shape index (κ1) is 13.1. The van der Waals surface area contributed by atoms with Crippen molar-refractivity contribution in [2.75, 3.05) is 0 Å². The first-order valence-electron chi connectivity index (χ1n) is 5.09. The lowest BCUT2D eigenvalue weighted by molar-refractivity contribution is -0.137. The van der Waals surface area contributed by atoms with Gasteiger partial charge in [-0.15, -0.1) is 5.10 Å². The molecule has 0 aliphatic heterocycles. The molecule has 0 fully saturated rings. The van der Waals surface area contributed by atoms with Crippen LogP contribution in [0.15, 0.2) is 28.9 Å². The van der Waals surface area contributed by atoms with Crippen LogP contribution in [0.4, 0.5) is 13.2 Å². The number of aryl methyl sites for hydroxylation is 1. The predicted molar refractivity (Wildman–Crippen MR) is 63.0 cm³/mol. The van der Waals surface area contributed by atoms with Gasteiger partial charge in [0.05, 0.1) is 17.8 Å². The largest absolute Gasteiger partial charge is 0.416 e. The van der Waals surface area contributed by atoms with Crippen molar-refractivity contribution in [3.05, 3.63) is 45.7 Å². The molecule has 0 saturated heterocycles. The number of halogens is 4. The maximum absolute atomic E-state index is 12.4. The Bertz CT molecular complexity index is 526. The van der Waals surface area contributed by atoms with Gasteiger partial charge in [0, 0.05) is 0 Å².